The molecule has 0 spiro atoms. The van der Waals surface area contributed by atoms with Gasteiger partial charge in [-0.05, 0) is 24.3 Å². The Hall–Kier alpha value is -3.07. The fraction of sp³-hybridized carbons (Fsp3) is 0.222. The number of carbonyl (C=O) groups is 2. The minimum Gasteiger partial charge on any atom is -0.443 e. The number of carbonyl (C=O) groups excluding carboxylic acids is 2. The van der Waals surface area contributed by atoms with Crippen molar-refractivity contribution in [3.8, 4) is 0 Å². The number of hydrogen-bond donors (Lipinski definition) is 3. The van der Waals surface area contributed by atoms with E-state index >= 15 is 0 Å². The third-order valence-corrected chi connectivity index (χ3v) is 5.63. The molecule has 1 heterocycles. The molecular formula is C18H19N3O5S. The maximum atomic E-state index is 12.1. The fourth-order valence-corrected chi connectivity index (χ4v) is 4.51. The number of urea groups is 1. The lowest BCUT2D eigenvalue weighted by Gasteiger charge is -2.20. The number of nitrogens with one attached hydrogen (secondary N) is 3. The molecule has 3 N–H and O–H groups in total. The SMILES string of the molecule is O=C(Nc1ccccc1)N[C@@H]1CS(=O)(=O)C[C@@H]1OC(=O)Nc1ccccc1. The Morgan fingerprint density at radius 3 is 2.00 bits per heavy atom. The van der Waals surface area contributed by atoms with Gasteiger partial charge in [-0.25, -0.2) is 18.0 Å². The predicted octanol–water partition coefficient (Wildman–Crippen LogP) is 2.22. The second kappa shape index (κ2) is 8.09. The second-order valence-electron chi connectivity index (χ2n) is 6.08. The molecule has 1 fully saturated rings. The summed E-state index contributed by atoms with van der Waals surface area (Å²) < 4.78 is 29.1. The molecule has 1 aliphatic heterocycles. The van der Waals surface area contributed by atoms with Crippen molar-refractivity contribution < 1.29 is 22.7 Å². The van der Waals surface area contributed by atoms with Gasteiger partial charge in [0.2, 0.25) is 0 Å². The molecule has 8 nitrogen and oxygen atoms in total. The van der Waals surface area contributed by atoms with Gasteiger partial charge in [-0.1, -0.05) is 36.4 Å². The van der Waals surface area contributed by atoms with Gasteiger partial charge in [0.1, 0.15) is 6.10 Å². The van der Waals surface area contributed by atoms with Crippen LogP contribution in [0.4, 0.5) is 21.0 Å². The van der Waals surface area contributed by atoms with Gasteiger partial charge in [-0.3, -0.25) is 5.32 Å². The van der Waals surface area contributed by atoms with Crippen LogP contribution in [0, 0.1) is 0 Å². The third kappa shape index (κ3) is 5.45. The summed E-state index contributed by atoms with van der Waals surface area (Å²) in [5.74, 6) is -0.635. The number of anilines is 2. The van der Waals surface area contributed by atoms with Crippen LogP contribution in [0.1, 0.15) is 0 Å². The quantitative estimate of drug-likeness (QED) is 0.742. The van der Waals surface area contributed by atoms with E-state index in [9.17, 15) is 18.0 Å². The zero-order chi connectivity index (χ0) is 19.3. The zero-order valence-electron chi connectivity index (χ0n) is 14.3. The van der Waals surface area contributed by atoms with E-state index in [1.54, 1.807) is 54.6 Å². The van der Waals surface area contributed by atoms with E-state index in [2.05, 4.69) is 16.0 Å². The molecule has 1 saturated heterocycles. The van der Waals surface area contributed by atoms with Crippen LogP contribution < -0.4 is 16.0 Å². The monoisotopic (exact) mass is 389 g/mol. The first kappa shape index (κ1) is 18.7. The summed E-state index contributed by atoms with van der Waals surface area (Å²) in [6, 6.07) is 16.0. The van der Waals surface area contributed by atoms with E-state index in [-0.39, 0.29) is 11.5 Å². The number of ether oxygens (including phenoxy) is 1. The summed E-state index contributed by atoms with van der Waals surface area (Å²) >= 11 is 0. The van der Waals surface area contributed by atoms with E-state index in [0.29, 0.717) is 11.4 Å². The van der Waals surface area contributed by atoms with Gasteiger partial charge in [-0.15, -0.1) is 0 Å². The first-order valence-corrected chi connectivity index (χ1v) is 10.1. The second-order valence-corrected chi connectivity index (χ2v) is 8.24. The fourth-order valence-electron chi connectivity index (χ4n) is 2.73. The number of rotatable bonds is 4. The lowest BCUT2D eigenvalue weighted by Crippen LogP contribution is -2.46. The van der Waals surface area contributed by atoms with E-state index in [1.165, 1.54) is 0 Å². The molecule has 2 aromatic carbocycles. The molecule has 0 saturated carbocycles. The maximum absolute atomic E-state index is 12.1. The number of benzene rings is 2. The minimum absolute atomic E-state index is 0.293. The summed E-state index contributed by atoms with van der Waals surface area (Å²) in [4.78, 5) is 24.2. The first-order valence-electron chi connectivity index (χ1n) is 8.27. The molecular weight excluding hydrogens is 370 g/mol. The molecule has 0 radical (unpaired) electrons. The van der Waals surface area contributed by atoms with Gasteiger partial charge in [0.25, 0.3) is 0 Å². The Labute approximate surface area is 156 Å². The zero-order valence-corrected chi connectivity index (χ0v) is 15.1. The summed E-state index contributed by atoms with van der Waals surface area (Å²) in [6.45, 7) is 0. The number of sulfone groups is 1. The van der Waals surface area contributed by atoms with Crippen molar-refractivity contribution >= 4 is 33.3 Å². The van der Waals surface area contributed by atoms with Crippen molar-refractivity contribution in [3.63, 3.8) is 0 Å². The highest BCUT2D eigenvalue weighted by Crippen LogP contribution is 2.18. The van der Waals surface area contributed by atoms with Crippen LogP contribution in [0.15, 0.2) is 60.7 Å². The molecule has 142 valence electrons. The lowest BCUT2D eigenvalue weighted by molar-refractivity contribution is 0.109. The van der Waals surface area contributed by atoms with Crippen LogP contribution in [0.25, 0.3) is 0 Å². The highest BCUT2D eigenvalue weighted by atomic mass is 32.2. The first-order chi connectivity index (χ1) is 12.9. The third-order valence-electron chi connectivity index (χ3n) is 3.93. The van der Waals surface area contributed by atoms with Crippen molar-refractivity contribution in [2.45, 2.75) is 12.1 Å². The van der Waals surface area contributed by atoms with Crippen molar-refractivity contribution in [1.29, 1.82) is 0 Å². The molecule has 3 amide bonds. The Balaban J connectivity index is 1.60. The lowest BCUT2D eigenvalue weighted by atomic mass is 10.2. The molecule has 27 heavy (non-hydrogen) atoms. The molecule has 0 bridgehead atoms. The Morgan fingerprint density at radius 1 is 0.852 bits per heavy atom. The number of para-hydroxylation sites is 2. The average molecular weight is 389 g/mol. The molecule has 0 aromatic heterocycles. The van der Waals surface area contributed by atoms with Crippen molar-refractivity contribution in [2.24, 2.45) is 0 Å². The van der Waals surface area contributed by atoms with Crippen LogP contribution in [0.2, 0.25) is 0 Å². The van der Waals surface area contributed by atoms with Crippen molar-refractivity contribution in [1.82, 2.24) is 5.32 Å². The van der Waals surface area contributed by atoms with Gasteiger partial charge in [0.05, 0.1) is 17.5 Å². The smallest absolute Gasteiger partial charge is 0.412 e. The average Bonchev–Trinajstić information content (AvgIpc) is 2.89. The Bertz CT molecular complexity index is 834. The predicted molar refractivity (Wildman–Crippen MR) is 101 cm³/mol. The molecule has 0 aliphatic carbocycles. The van der Waals surface area contributed by atoms with Gasteiger partial charge < -0.3 is 15.4 Å². The van der Waals surface area contributed by atoms with Gasteiger partial charge in [-0.2, -0.15) is 0 Å². The molecule has 2 atom stereocenters. The van der Waals surface area contributed by atoms with Gasteiger partial charge in [0.15, 0.2) is 9.84 Å². The summed E-state index contributed by atoms with van der Waals surface area (Å²) in [5, 5.41) is 7.70. The number of amides is 3. The molecule has 2 aromatic rings. The van der Waals surface area contributed by atoms with Crippen molar-refractivity contribution in [3.05, 3.63) is 60.7 Å². The normalized spacial score (nSPS) is 20.4. The molecule has 0 unspecified atom stereocenters. The van der Waals surface area contributed by atoms with E-state index in [4.69, 9.17) is 4.74 Å². The molecule has 9 heteroatoms. The molecule has 3 rings (SSSR count). The number of hydrogen-bond acceptors (Lipinski definition) is 5. The largest absolute Gasteiger partial charge is 0.443 e. The van der Waals surface area contributed by atoms with Gasteiger partial charge in [0, 0.05) is 11.4 Å². The van der Waals surface area contributed by atoms with E-state index in [1.807, 2.05) is 6.07 Å². The van der Waals surface area contributed by atoms with Gasteiger partial charge >= 0.3 is 12.1 Å². The highest BCUT2D eigenvalue weighted by Gasteiger charge is 2.41. The highest BCUT2D eigenvalue weighted by molar-refractivity contribution is 7.91. The van der Waals surface area contributed by atoms with E-state index in [0.717, 1.165) is 0 Å². The Morgan fingerprint density at radius 2 is 1.41 bits per heavy atom. The molecule has 1 aliphatic rings. The van der Waals surface area contributed by atoms with Crippen molar-refractivity contribution in [2.75, 3.05) is 22.1 Å². The van der Waals surface area contributed by atoms with E-state index < -0.39 is 34.1 Å². The van der Waals surface area contributed by atoms with Crippen LogP contribution >= 0.6 is 0 Å². The summed E-state index contributed by atoms with van der Waals surface area (Å²) in [5.41, 5.74) is 1.09. The maximum Gasteiger partial charge on any atom is 0.412 e. The standard InChI is InChI=1S/C18H19N3O5S/c22-17(19-13-7-3-1-4-8-13)21-15-11-27(24,25)12-16(15)26-18(23)20-14-9-5-2-6-10-14/h1-10,15-16H,11-12H2,(H,20,23)(H2,19,21,22)/t15-,16+/m1/s1. The van der Waals surface area contributed by atoms with Crippen LogP contribution in [-0.2, 0) is 14.6 Å². The summed E-state index contributed by atoms with van der Waals surface area (Å²) in [7, 11) is -3.43. The topological polar surface area (TPSA) is 114 Å². The Kier molecular flexibility index (Phi) is 5.60. The minimum atomic E-state index is -3.43. The summed E-state index contributed by atoms with van der Waals surface area (Å²) in [6.07, 6.45) is -1.75. The van der Waals surface area contributed by atoms with Crippen LogP contribution in [-0.4, -0.2) is 44.2 Å². The van der Waals surface area contributed by atoms with Crippen LogP contribution in [0.5, 0.6) is 0 Å². The van der Waals surface area contributed by atoms with Crippen LogP contribution in [0.3, 0.4) is 0 Å².